The van der Waals surface area contributed by atoms with Gasteiger partial charge in [0.05, 0.1) is 0 Å². The highest BCUT2D eigenvalue weighted by molar-refractivity contribution is 9.10. The second-order valence-electron chi connectivity index (χ2n) is 4.44. The van der Waals surface area contributed by atoms with Crippen LogP contribution in [-0.4, -0.2) is 10.1 Å². The molecule has 3 aromatic rings. The van der Waals surface area contributed by atoms with Gasteiger partial charge in [0.15, 0.2) is 5.82 Å². The number of nitrogens with two attached hydrogens (primary N) is 1. The average Bonchev–Trinajstić information content (AvgIpc) is 2.90. The van der Waals surface area contributed by atoms with Crippen LogP contribution in [0.25, 0.3) is 11.5 Å². The summed E-state index contributed by atoms with van der Waals surface area (Å²) in [5.41, 5.74) is 8.39. The average molecular weight is 330 g/mol. The van der Waals surface area contributed by atoms with Gasteiger partial charge in [0.25, 0.3) is 5.89 Å². The van der Waals surface area contributed by atoms with Crippen molar-refractivity contribution in [2.45, 2.75) is 6.42 Å². The molecule has 0 aliphatic rings. The molecule has 20 heavy (non-hydrogen) atoms. The summed E-state index contributed by atoms with van der Waals surface area (Å²) in [6.07, 6.45) is 0.638. The lowest BCUT2D eigenvalue weighted by atomic mass is 10.1. The minimum absolute atomic E-state index is 0.490. The molecule has 0 fully saturated rings. The number of hydrogen-bond donors (Lipinski definition) is 1. The lowest BCUT2D eigenvalue weighted by Crippen LogP contribution is -1.90. The summed E-state index contributed by atoms with van der Waals surface area (Å²) in [7, 11) is 0. The molecular formula is C15H12BrN3O. The molecule has 1 aromatic heterocycles. The number of rotatable bonds is 3. The van der Waals surface area contributed by atoms with Gasteiger partial charge in [0.2, 0.25) is 0 Å². The Kier molecular flexibility index (Phi) is 3.52. The molecule has 0 saturated heterocycles. The van der Waals surface area contributed by atoms with Gasteiger partial charge in [-0.25, -0.2) is 0 Å². The zero-order valence-corrected chi connectivity index (χ0v) is 12.2. The van der Waals surface area contributed by atoms with Gasteiger partial charge in [-0.3, -0.25) is 0 Å². The van der Waals surface area contributed by atoms with Crippen LogP contribution in [0.2, 0.25) is 0 Å². The first kappa shape index (κ1) is 12.9. The van der Waals surface area contributed by atoms with Gasteiger partial charge in [0.1, 0.15) is 0 Å². The summed E-state index contributed by atoms with van der Waals surface area (Å²) in [5.74, 6) is 1.15. The van der Waals surface area contributed by atoms with Crippen molar-refractivity contribution >= 4 is 21.6 Å². The first-order valence-electron chi connectivity index (χ1n) is 6.14. The molecule has 0 aliphatic carbocycles. The zero-order valence-electron chi connectivity index (χ0n) is 10.6. The second kappa shape index (κ2) is 5.46. The number of benzene rings is 2. The molecule has 0 spiro atoms. The Morgan fingerprint density at radius 2 is 1.90 bits per heavy atom. The summed E-state index contributed by atoms with van der Waals surface area (Å²) in [5, 5.41) is 4.00. The maximum atomic E-state index is 5.75. The number of anilines is 1. The van der Waals surface area contributed by atoms with Gasteiger partial charge < -0.3 is 10.3 Å². The molecule has 0 saturated carbocycles. The van der Waals surface area contributed by atoms with Crippen LogP contribution in [0.1, 0.15) is 11.4 Å². The molecular weight excluding hydrogens is 318 g/mol. The van der Waals surface area contributed by atoms with Crippen molar-refractivity contribution in [1.29, 1.82) is 0 Å². The Hall–Kier alpha value is -2.14. The third-order valence-corrected chi connectivity index (χ3v) is 3.41. The molecule has 0 unspecified atom stereocenters. The van der Waals surface area contributed by atoms with E-state index in [1.54, 1.807) is 0 Å². The number of hydrogen-bond acceptors (Lipinski definition) is 4. The largest absolute Gasteiger partial charge is 0.399 e. The normalized spacial score (nSPS) is 10.7. The van der Waals surface area contributed by atoms with E-state index >= 15 is 0 Å². The van der Waals surface area contributed by atoms with E-state index in [1.165, 1.54) is 0 Å². The minimum Gasteiger partial charge on any atom is -0.399 e. The van der Waals surface area contributed by atoms with Gasteiger partial charge in [-0.15, -0.1) is 0 Å². The molecule has 100 valence electrons. The van der Waals surface area contributed by atoms with E-state index in [9.17, 15) is 0 Å². The van der Waals surface area contributed by atoms with Gasteiger partial charge in [-0.05, 0) is 35.9 Å². The van der Waals surface area contributed by atoms with Crippen molar-refractivity contribution in [1.82, 2.24) is 10.1 Å². The van der Waals surface area contributed by atoms with Crippen molar-refractivity contribution in [3.63, 3.8) is 0 Å². The molecule has 0 atom stereocenters. The van der Waals surface area contributed by atoms with Gasteiger partial charge in [-0.1, -0.05) is 39.3 Å². The first-order chi connectivity index (χ1) is 9.70. The van der Waals surface area contributed by atoms with Crippen LogP contribution >= 0.6 is 15.9 Å². The Balaban J connectivity index is 1.82. The predicted octanol–water partition coefficient (Wildman–Crippen LogP) is 3.67. The fraction of sp³-hybridized carbons (Fsp3) is 0.0667. The fourth-order valence-electron chi connectivity index (χ4n) is 1.90. The van der Waals surface area contributed by atoms with Crippen LogP contribution in [0.3, 0.4) is 0 Å². The molecule has 0 bridgehead atoms. The third-order valence-electron chi connectivity index (χ3n) is 2.88. The monoisotopic (exact) mass is 329 g/mol. The molecule has 3 rings (SSSR count). The summed E-state index contributed by atoms with van der Waals surface area (Å²) in [6, 6.07) is 15.4. The van der Waals surface area contributed by atoms with Crippen LogP contribution in [0.4, 0.5) is 5.69 Å². The highest BCUT2D eigenvalue weighted by Gasteiger charge is 2.09. The van der Waals surface area contributed by atoms with E-state index in [4.69, 9.17) is 10.3 Å². The van der Waals surface area contributed by atoms with E-state index in [0.29, 0.717) is 23.8 Å². The van der Waals surface area contributed by atoms with Crippen LogP contribution in [-0.2, 0) is 6.42 Å². The van der Waals surface area contributed by atoms with Crippen LogP contribution in [0.5, 0.6) is 0 Å². The Morgan fingerprint density at radius 3 is 2.65 bits per heavy atom. The van der Waals surface area contributed by atoms with Crippen molar-refractivity contribution in [2.75, 3.05) is 5.73 Å². The lowest BCUT2D eigenvalue weighted by molar-refractivity contribution is 0.424. The van der Waals surface area contributed by atoms with Crippen molar-refractivity contribution in [3.05, 3.63) is 64.4 Å². The number of halogens is 1. The zero-order chi connectivity index (χ0) is 13.9. The van der Waals surface area contributed by atoms with Gasteiger partial charge in [0, 0.05) is 22.1 Å². The molecule has 5 heteroatoms. The van der Waals surface area contributed by atoms with E-state index in [-0.39, 0.29) is 0 Å². The fourth-order valence-corrected chi connectivity index (χ4v) is 2.16. The molecule has 0 radical (unpaired) electrons. The molecule has 0 aliphatic heterocycles. The maximum Gasteiger partial charge on any atom is 0.258 e. The predicted molar refractivity (Wildman–Crippen MR) is 81.1 cm³/mol. The first-order valence-corrected chi connectivity index (χ1v) is 6.93. The van der Waals surface area contributed by atoms with Gasteiger partial charge in [-0.2, -0.15) is 4.98 Å². The minimum atomic E-state index is 0.490. The van der Waals surface area contributed by atoms with E-state index in [1.807, 2.05) is 48.5 Å². The number of nitrogens with zero attached hydrogens (tertiary/aromatic N) is 2. The molecule has 0 amide bonds. The lowest BCUT2D eigenvalue weighted by Gasteiger charge is -1.97. The van der Waals surface area contributed by atoms with Crippen molar-refractivity contribution < 1.29 is 4.52 Å². The topological polar surface area (TPSA) is 64.9 Å². The van der Waals surface area contributed by atoms with Crippen LogP contribution in [0.15, 0.2) is 57.5 Å². The van der Waals surface area contributed by atoms with Gasteiger partial charge >= 0.3 is 0 Å². The molecule has 2 N–H and O–H groups in total. The highest BCUT2D eigenvalue weighted by atomic mass is 79.9. The summed E-state index contributed by atoms with van der Waals surface area (Å²) in [6.45, 7) is 0. The Labute approximate surface area is 124 Å². The Bertz CT molecular complexity index is 722. The van der Waals surface area contributed by atoms with E-state index in [2.05, 4.69) is 26.1 Å². The third kappa shape index (κ3) is 2.88. The van der Waals surface area contributed by atoms with Crippen molar-refractivity contribution in [3.8, 4) is 11.5 Å². The maximum absolute atomic E-state index is 5.75. The molecule has 4 nitrogen and oxygen atoms in total. The van der Waals surface area contributed by atoms with E-state index in [0.717, 1.165) is 15.6 Å². The quantitative estimate of drug-likeness (QED) is 0.744. The number of aromatic nitrogens is 2. The Morgan fingerprint density at radius 1 is 1.10 bits per heavy atom. The van der Waals surface area contributed by atoms with Crippen LogP contribution in [0, 0.1) is 0 Å². The second-order valence-corrected chi connectivity index (χ2v) is 5.36. The summed E-state index contributed by atoms with van der Waals surface area (Å²) in [4.78, 5) is 4.39. The molecule has 1 heterocycles. The van der Waals surface area contributed by atoms with Crippen molar-refractivity contribution in [2.24, 2.45) is 0 Å². The summed E-state index contributed by atoms with van der Waals surface area (Å²) < 4.78 is 6.33. The molecule has 2 aromatic carbocycles. The SMILES string of the molecule is Nc1cccc(-c2nc(Cc3ccc(Br)cc3)no2)c1. The van der Waals surface area contributed by atoms with E-state index < -0.39 is 0 Å². The van der Waals surface area contributed by atoms with Crippen LogP contribution < -0.4 is 5.73 Å². The summed E-state index contributed by atoms with van der Waals surface area (Å²) >= 11 is 3.41. The standard InChI is InChI=1S/C15H12BrN3O/c16-12-6-4-10(5-7-12)8-14-18-15(20-19-14)11-2-1-3-13(17)9-11/h1-7,9H,8,17H2. The highest BCUT2D eigenvalue weighted by Crippen LogP contribution is 2.20. The number of nitrogen functional groups attached to an aromatic ring is 1. The smallest absolute Gasteiger partial charge is 0.258 e.